The third-order valence-electron chi connectivity index (χ3n) is 4.64. The van der Waals surface area contributed by atoms with Crippen molar-refractivity contribution in [2.24, 2.45) is 4.99 Å². The van der Waals surface area contributed by atoms with Crippen molar-refractivity contribution < 1.29 is 4.74 Å². The van der Waals surface area contributed by atoms with Crippen molar-refractivity contribution in [3.63, 3.8) is 0 Å². The van der Waals surface area contributed by atoms with Crippen LogP contribution in [0.4, 0.5) is 0 Å². The Bertz CT molecular complexity index is 826. The number of guanidine groups is 1. The van der Waals surface area contributed by atoms with E-state index in [1.807, 2.05) is 12.1 Å². The standard InChI is InChI=1S/C21H30N4OS.HI/c1-20(2,3)17-13-27-18(25-17)12-23-19(22-6)24-15-11-21(4,5)26-16-10-8-7-9-14(15)16;/h7-10,13,15H,11-12H2,1-6H3,(H2,22,23,24);1H. The predicted octanol–water partition coefficient (Wildman–Crippen LogP) is 5.03. The SMILES string of the molecule is CN=C(NCc1nc(C(C)(C)C)cs1)NC1CC(C)(C)Oc2ccccc21.I. The second-order valence-corrected chi connectivity index (χ2v) is 9.55. The van der Waals surface area contributed by atoms with E-state index in [0.29, 0.717) is 6.54 Å². The second-order valence-electron chi connectivity index (χ2n) is 8.60. The molecule has 2 N–H and O–H groups in total. The molecule has 1 aliphatic rings. The number of para-hydroxylation sites is 1. The van der Waals surface area contributed by atoms with Crippen molar-refractivity contribution in [2.75, 3.05) is 7.05 Å². The molecule has 154 valence electrons. The van der Waals surface area contributed by atoms with Gasteiger partial charge in [-0.25, -0.2) is 4.98 Å². The molecule has 1 aromatic heterocycles. The van der Waals surface area contributed by atoms with E-state index in [1.54, 1.807) is 18.4 Å². The number of halogens is 1. The Labute approximate surface area is 189 Å². The first-order chi connectivity index (χ1) is 12.7. The first kappa shape index (κ1) is 22.9. The van der Waals surface area contributed by atoms with Crippen LogP contribution in [0.1, 0.15) is 63.3 Å². The maximum atomic E-state index is 6.12. The maximum Gasteiger partial charge on any atom is 0.191 e. The van der Waals surface area contributed by atoms with Crippen LogP contribution >= 0.6 is 35.3 Å². The van der Waals surface area contributed by atoms with Crippen molar-refractivity contribution in [3.05, 3.63) is 45.9 Å². The van der Waals surface area contributed by atoms with Crippen LogP contribution in [0.25, 0.3) is 0 Å². The molecule has 7 heteroatoms. The number of fused-ring (bicyclic) bond motifs is 1. The molecule has 2 heterocycles. The number of nitrogens with zero attached hydrogens (tertiary/aromatic N) is 2. The Morgan fingerprint density at radius 1 is 1.32 bits per heavy atom. The third-order valence-corrected chi connectivity index (χ3v) is 5.49. The Balaban J connectivity index is 0.00000280. The van der Waals surface area contributed by atoms with E-state index in [-0.39, 0.29) is 41.0 Å². The fraction of sp³-hybridized carbons (Fsp3) is 0.524. The Morgan fingerprint density at radius 2 is 2.04 bits per heavy atom. The van der Waals surface area contributed by atoms with Crippen molar-refractivity contribution >= 4 is 41.3 Å². The molecule has 2 aromatic rings. The molecule has 3 rings (SSSR count). The molecule has 1 aromatic carbocycles. The minimum atomic E-state index is -0.220. The molecule has 0 spiro atoms. The van der Waals surface area contributed by atoms with Gasteiger partial charge >= 0.3 is 0 Å². The first-order valence-electron chi connectivity index (χ1n) is 9.38. The normalized spacial score (nSPS) is 18.5. The lowest BCUT2D eigenvalue weighted by molar-refractivity contribution is 0.0694. The number of nitrogens with one attached hydrogen (secondary N) is 2. The molecule has 0 fully saturated rings. The molecule has 28 heavy (non-hydrogen) atoms. The number of rotatable bonds is 3. The molecule has 1 atom stereocenters. The number of thiazole rings is 1. The highest BCUT2D eigenvalue weighted by Gasteiger charge is 2.34. The lowest BCUT2D eigenvalue weighted by atomic mass is 9.90. The molecule has 5 nitrogen and oxygen atoms in total. The van der Waals surface area contributed by atoms with Gasteiger partial charge in [0.25, 0.3) is 0 Å². The van der Waals surface area contributed by atoms with Crippen molar-refractivity contribution in [1.82, 2.24) is 15.6 Å². The molecular formula is C21H31IN4OS. The highest BCUT2D eigenvalue weighted by Crippen LogP contribution is 2.39. The number of benzene rings is 1. The monoisotopic (exact) mass is 514 g/mol. The average Bonchev–Trinajstić information content (AvgIpc) is 3.06. The van der Waals surface area contributed by atoms with Gasteiger partial charge in [-0.15, -0.1) is 35.3 Å². The van der Waals surface area contributed by atoms with Crippen molar-refractivity contribution in [2.45, 2.75) is 64.6 Å². The van der Waals surface area contributed by atoms with Gasteiger partial charge in [-0.3, -0.25) is 4.99 Å². The Morgan fingerprint density at radius 3 is 2.68 bits per heavy atom. The molecule has 1 aliphatic heterocycles. The first-order valence-corrected chi connectivity index (χ1v) is 10.3. The summed E-state index contributed by atoms with van der Waals surface area (Å²) in [5.74, 6) is 1.72. The summed E-state index contributed by atoms with van der Waals surface area (Å²) in [5, 5.41) is 10.2. The fourth-order valence-electron chi connectivity index (χ4n) is 3.19. The van der Waals surface area contributed by atoms with Crippen LogP contribution in [-0.2, 0) is 12.0 Å². The summed E-state index contributed by atoms with van der Waals surface area (Å²) in [6.45, 7) is 11.5. The highest BCUT2D eigenvalue weighted by molar-refractivity contribution is 14.0. The van der Waals surface area contributed by atoms with Gasteiger partial charge in [0.05, 0.1) is 18.3 Å². The number of aliphatic imine (C=N–C) groups is 1. The van der Waals surface area contributed by atoms with E-state index in [9.17, 15) is 0 Å². The summed E-state index contributed by atoms with van der Waals surface area (Å²) in [6, 6.07) is 8.36. The van der Waals surface area contributed by atoms with Crippen LogP contribution in [0, 0.1) is 0 Å². The molecule has 0 saturated carbocycles. The van der Waals surface area contributed by atoms with E-state index in [0.717, 1.165) is 28.8 Å². The fourth-order valence-corrected chi connectivity index (χ4v) is 4.15. The summed E-state index contributed by atoms with van der Waals surface area (Å²) in [4.78, 5) is 9.15. The topological polar surface area (TPSA) is 58.5 Å². The zero-order valence-corrected chi connectivity index (χ0v) is 20.6. The van der Waals surface area contributed by atoms with Gasteiger partial charge in [0.1, 0.15) is 16.4 Å². The summed E-state index contributed by atoms with van der Waals surface area (Å²) >= 11 is 1.69. The van der Waals surface area contributed by atoms with Gasteiger partial charge in [0, 0.05) is 29.8 Å². The summed E-state index contributed by atoms with van der Waals surface area (Å²) < 4.78 is 6.12. The molecular weight excluding hydrogens is 483 g/mol. The predicted molar refractivity (Wildman–Crippen MR) is 128 cm³/mol. The Hall–Kier alpha value is -1.35. The van der Waals surface area contributed by atoms with Crippen molar-refractivity contribution in [3.8, 4) is 5.75 Å². The van der Waals surface area contributed by atoms with Crippen LogP contribution in [0.3, 0.4) is 0 Å². The quantitative estimate of drug-likeness (QED) is 0.343. The highest BCUT2D eigenvalue weighted by atomic mass is 127. The number of aromatic nitrogens is 1. The minimum absolute atomic E-state index is 0. The van der Waals surface area contributed by atoms with Gasteiger partial charge in [0.2, 0.25) is 0 Å². The third kappa shape index (κ3) is 5.59. The number of ether oxygens (including phenoxy) is 1. The molecule has 0 saturated heterocycles. The van der Waals surface area contributed by atoms with Gasteiger partial charge in [0.15, 0.2) is 5.96 Å². The summed E-state index contributed by atoms with van der Waals surface area (Å²) in [6.07, 6.45) is 0.871. The van der Waals surface area contributed by atoms with Crippen LogP contribution < -0.4 is 15.4 Å². The van der Waals surface area contributed by atoms with Gasteiger partial charge in [-0.1, -0.05) is 39.0 Å². The van der Waals surface area contributed by atoms with E-state index < -0.39 is 0 Å². The van der Waals surface area contributed by atoms with E-state index in [1.165, 1.54) is 5.56 Å². The zero-order chi connectivity index (χ0) is 19.7. The number of hydrogen-bond donors (Lipinski definition) is 2. The summed E-state index contributed by atoms with van der Waals surface area (Å²) in [7, 11) is 1.80. The molecule has 0 radical (unpaired) electrons. The molecule has 0 aliphatic carbocycles. The van der Waals surface area contributed by atoms with Gasteiger partial charge < -0.3 is 15.4 Å². The smallest absolute Gasteiger partial charge is 0.191 e. The number of hydrogen-bond acceptors (Lipinski definition) is 4. The van der Waals surface area contributed by atoms with Crippen LogP contribution in [0.2, 0.25) is 0 Å². The summed E-state index contributed by atoms with van der Waals surface area (Å²) in [5.41, 5.74) is 2.16. The average molecular weight is 514 g/mol. The molecule has 0 amide bonds. The maximum absolute atomic E-state index is 6.12. The van der Waals surface area contributed by atoms with E-state index in [2.05, 4.69) is 67.8 Å². The minimum Gasteiger partial charge on any atom is -0.487 e. The largest absolute Gasteiger partial charge is 0.487 e. The lowest BCUT2D eigenvalue weighted by Gasteiger charge is -2.38. The molecule has 0 bridgehead atoms. The van der Waals surface area contributed by atoms with Crippen molar-refractivity contribution in [1.29, 1.82) is 0 Å². The van der Waals surface area contributed by atoms with Gasteiger partial charge in [-0.05, 0) is 19.9 Å². The van der Waals surface area contributed by atoms with E-state index >= 15 is 0 Å². The van der Waals surface area contributed by atoms with Crippen LogP contribution in [0.5, 0.6) is 5.75 Å². The van der Waals surface area contributed by atoms with Crippen LogP contribution in [0.15, 0.2) is 34.6 Å². The van der Waals surface area contributed by atoms with Gasteiger partial charge in [-0.2, -0.15) is 0 Å². The second kappa shape index (κ2) is 8.98. The zero-order valence-electron chi connectivity index (χ0n) is 17.5. The van der Waals surface area contributed by atoms with Crippen LogP contribution in [-0.4, -0.2) is 23.6 Å². The Kier molecular flexibility index (Phi) is 7.36. The molecule has 1 unspecified atom stereocenters. The van der Waals surface area contributed by atoms with E-state index in [4.69, 9.17) is 9.72 Å². The lowest BCUT2D eigenvalue weighted by Crippen LogP contribution is -2.45.